The summed E-state index contributed by atoms with van der Waals surface area (Å²) in [5.41, 5.74) is 11.2. The van der Waals surface area contributed by atoms with Crippen molar-refractivity contribution in [3.63, 3.8) is 0 Å². The zero-order valence-electron chi connectivity index (χ0n) is 43.3. The summed E-state index contributed by atoms with van der Waals surface area (Å²) >= 11 is 0. The molecule has 0 heterocycles. The number of carbonyl (C=O) groups is 8. The summed E-state index contributed by atoms with van der Waals surface area (Å²) in [6.07, 6.45) is 10.1. The number of benzene rings is 4. The Balaban J connectivity index is 0.00000170. The Bertz CT molecular complexity index is 2480. The number of allylic oxidation sites excluding steroid dienone is 5. The van der Waals surface area contributed by atoms with E-state index in [1.165, 1.54) is 7.05 Å². The third kappa shape index (κ3) is 24.8. The number of ether oxygens (including phenoxy) is 1. The number of nitrogens with zero attached hydrogens (tertiary/aromatic N) is 1. The summed E-state index contributed by atoms with van der Waals surface area (Å²) in [5, 5.41) is 18.5. The lowest BCUT2D eigenvalue weighted by Gasteiger charge is -2.27. The predicted octanol–water partition coefficient (Wildman–Crippen LogP) is 5.18. The highest BCUT2D eigenvalue weighted by Gasteiger charge is 2.24. The van der Waals surface area contributed by atoms with Crippen molar-refractivity contribution in [2.75, 3.05) is 39.0 Å². The molecule has 74 heavy (non-hydrogen) atoms. The van der Waals surface area contributed by atoms with Crippen LogP contribution in [0.5, 0.6) is 5.75 Å². The van der Waals surface area contributed by atoms with Crippen LogP contribution in [0, 0.1) is 0 Å². The molecule has 9 N–H and O–H groups in total. The van der Waals surface area contributed by atoms with E-state index in [4.69, 9.17) is 10.5 Å². The summed E-state index contributed by atoms with van der Waals surface area (Å²) in [6, 6.07) is 26.5. The quantitative estimate of drug-likeness (QED) is 0.0285. The average Bonchev–Trinajstić information content (AvgIpc) is 3.41. The van der Waals surface area contributed by atoms with E-state index in [1.54, 1.807) is 66.5 Å². The third-order valence-electron chi connectivity index (χ3n) is 10.5. The Hall–Kier alpha value is -8.22. The molecule has 0 aliphatic heterocycles. The molecule has 0 saturated carbocycles. The van der Waals surface area contributed by atoms with Gasteiger partial charge in [0.2, 0.25) is 29.5 Å². The van der Waals surface area contributed by atoms with Gasteiger partial charge in [-0.2, -0.15) is 0 Å². The second kappa shape index (κ2) is 35.8. The summed E-state index contributed by atoms with van der Waals surface area (Å²) in [6.45, 7) is 11.6. The minimum Gasteiger partial charge on any atom is -0.489 e. The summed E-state index contributed by atoms with van der Waals surface area (Å²) in [5.74, 6) is -1.74. The van der Waals surface area contributed by atoms with Crippen molar-refractivity contribution >= 4 is 53.8 Å². The Morgan fingerprint density at radius 2 is 1.39 bits per heavy atom. The molecular weight excluding hydrogens is 943 g/mol. The van der Waals surface area contributed by atoms with E-state index >= 15 is 0 Å². The Kier molecular flexibility index (Phi) is 30.0. The number of anilines is 1. The number of rotatable bonds is 27. The number of carbonyl (C=O) groups excluding carboxylic acids is 8. The van der Waals surface area contributed by atoms with Crippen LogP contribution in [0.3, 0.4) is 0 Å². The first-order chi connectivity index (χ1) is 35.7. The van der Waals surface area contributed by atoms with Crippen LogP contribution in [0.4, 0.5) is 10.5 Å². The monoisotopic (exact) mass is 1020 g/mol. The smallest absolute Gasteiger partial charge is 0.319 e. The van der Waals surface area contributed by atoms with Crippen LogP contribution in [-0.4, -0.2) is 98.9 Å². The molecule has 18 heteroatoms. The van der Waals surface area contributed by atoms with Crippen LogP contribution in [-0.2, 0) is 61.4 Å². The molecule has 0 aliphatic carbocycles. The number of nitrogens with one attached hydrogen (secondary N) is 7. The molecular formula is C56H73N9O9. The molecule has 2 unspecified atom stereocenters. The molecule has 4 aromatic carbocycles. The highest BCUT2D eigenvalue weighted by molar-refractivity contribution is 5.92. The molecule has 4 rings (SSSR count). The fraction of sp³-hybridized carbons (Fsp3) is 0.321. The molecule has 0 bridgehead atoms. The van der Waals surface area contributed by atoms with Gasteiger partial charge in [0.15, 0.2) is 0 Å². The number of likely N-dealkylation sites (N-methyl/N-ethyl adjacent to an activating group) is 2. The van der Waals surface area contributed by atoms with Crippen molar-refractivity contribution in [3.05, 3.63) is 167 Å². The summed E-state index contributed by atoms with van der Waals surface area (Å²) in [4.78, 5) is 99.1. The maximum absolute atomic E-state index is 13.0. The van der Waals surface area contributed by atoms with Crippen molar-refractivity contribution < 1.29 is 43.1 Å². The number of aldehydes is 2. The number of hydrogen-bond donors (Lipinski definition) is 8. The minimum absolute atomic E-state index is 0.171. The number of nitrogens with two attached hydrogens (primary N) is 1. The fourth-order valence-corrected chi connectivity index (χ4v) is 6.70. The minimum atomic E-state index is -0.990. The highest BCUT2D eigenvalue weighted by atomic mass is 16.5. The van der Waals surface area contributed by atoms with Crippen LogP contribution in [0.2, 0.25) is 0 Å². The van der Waals surface area contributed by atoms with Crippen molar-refractivity contribution in [1.29, 1.82) is 0 Å². The first-order valence-corrected chi connectivity index (χ1v) is 24.3. The molecule has 0 saturated heterocycles. The molecule has 0 fully saturated rings. The lowest BCUT2D eigenvalue weighted by molar-refractivity contribution is -0.130. The fourth-order valence-electron chi connectivity index (χ4n) is 6.70. The first-order valence-electron chi connectivity index (χ1n) is 24.3. The van der Waals surface area contributed by atoms with E-state index in [-0.39, 0.29) is 64.6 Å². The average molecular weight is 1020 g/mol. The van der Waals surface area contributed by atoms with Crippen molar-refractivity contribution in [2.24, 2.45) is 5.73 Å². The molecule has 0 spiro atoms. The maximum atomic E-state index is 13.0. The van der Waals surface area contributed by atoms with Crippen LogP contribution in [0.25, 0.3) is 0 Å². The highest BCUT2D eigenvalue weighted by Crippen LogP contribution is 2.19. The van der Waals surface area contributed by atoms with E-state index in [0.717, 1.165) is 40.4 Å². The van der Waals surface area contributed by atoms with Gasteiger partial charge in [0, 0.05) is 50.8 Å². The Morgan fingerprint density at radius 1 is 0.743 bits per heavy atom. The number of amides is 7. The summed E-state index contributed by atoms with van der Waals surface area (Å²) in [7, 11) is 3.28. The molecule has 2 atom stereocenters. The second-order valence-electron chi connectivity index (χ2n) is 16.4. The van der Waals surface area contributed by atoms with Crippen LogP contribution in [0.1, 0.15) is 78.7 Å². The van der Waals surface area contributed by atoms with Gasteiger partial charge in [-0.3, -0.25) is 33.7 Å². The van der Waals surface area contributed by atoms with E-state index in [1.807, 2.05) is 94.5 Å². The van der Waals surface area contributed by atoms with Gasteiger partial charge >= 0.3 is 6.03 Å². The molecule has 7 amide bonds. The van der Waals surface area contributed by atoms with Gasteiger partial charge in [0.25, 0.3) is 0 Å². The lowest BCUT2D eigenvalue weighted by atomic mass is 10.0. The van der Waals surface area contributed by atoms with E-state index < -0.39 is 41.7 Å². The SMILES string of the molecule is C=C(C)/C=C\C=C/C.CC.CNC(=O)C(CCC=O)N(C)Cc1cc(CNC(=O)Nc2ccc(OCc3ccc(CNC(=O)CNC(=O)C(Cc4ccccc4)NC(=O)CNC(=O)CN)cc3)cc2)ccc1C=O. The number of hydrogen-bond acceptors (Lipinski definition) is 11. The van der Waals surface area contributed by atoms with Crippen molar-refractivity contribution in [2.45, 2.75) is 85.3 Å². The van der Waals surface area contributed by atoms with Gasteiger partial charge in [-0.25, -0.2) is 4.79 Å². The van der Waals surface area contributed by atoms with Crippen molar-refractivity contribution in [1.82, 2.24) is 36.8 Å². The molecule has 396 valence electrons. The molecule has 4 aromatic rings. The van der Waals surface area contributed by atoms with Gasteiger partial charge in [-0.05, 0) is 79.4 Å². The Morgan fingerprint density at radius 3 is 2.01 bits per heavy atom. The van der Waals surface area contributed by atoms with E-state index in [2.05, 4.69) is 43.8 Å². The number of urea groups is 1. The predicted molar refractivity (Wildman–Crippen MR) is 289 cm³/mol. The largest absolute Gasteiger partial charge is 0.489 e. The molecule has 0 aliphatic rings. The van der Waals surface area contributed by atoms with Gasteiger partial charge in [-0.15, -0.1) is 0 Å². The second-order valence-corrected chi connectivity index (χ2v) is 16.4. The first kappa shape index (κ1) is 61.9. The van der Waals surface area contributed by atoms with Gasteiger partial charge in [0.05, 0.1) is 25.7 Å². The zero-order chi connectivity index (χ0) is 54.7. The van der Waals surface area contributed by atoms with E-state index in [0.29, 0.717) is 29.0 Å². The molecule has 0 radical (unpaired) electrons. The lowest BCUT2D eigenvalue weighted by Crippen LogP contribution is -2.52. The topological polar surface area (TPSA) is 259 Å². The molecule has 0 aromatic heterocycles. The maximum Gasteiger partial charge on any atom is 0.319 e. The normalized spacial score (nSPS) is 11.3. The van der Waals surface area contributed by atoms with Gasteiger partial charge in [0.1, 0.15) is 31.0 Å². The van der Waals surface area contributed by atoms with Gasteiger partial charge < -0.3 is 52.5 Å². The van der Waals surface area contributed by atoms with Gasteiger partial charge in [-0.1, -0.05) is 123 Å². The van der Waals surface area contributed by atoms with Crippen LogP contribution < -0.4 is 47.7 Å². The van der Waals surface area contributed by atoms with E-state index in [9.17, 15) is 38.4 Å². The molecule has 18 nitrogen and oxygen atoms in total. The summed E-state index contributed by atoms with van der Waals surface area (Å²) < 4.78 is 5.92. The zero-order valence-corrected chi connectivity index (χ0v) is 43.3. The standard InChI is InChI=1S/C46H55N9O9.C8H12.C2H6/c1-48-45(62)40(9-6-20-56)55(2)28-36-21-34(14-15-35(36)29-57)25-52-46(63)53-37-16-18-38(19-17-37)64-30-33-12-10-32(11-13-33)24-49-42(59)26-51-44(61)39(22-31-7-4-3-5-8-31)54-43(60)27-50-41(58)23-47;1-4-5-6-7-8(2)3;1-2/h3-5,7-8,10-21,29,39-40H,6,9,22-28,30,47H2,1-2H3,(H,48,62)(H,49,59)(H,50,58)(H,51,61)(H,54,60)(H2,52,53,63);4-7H,2H2,1,3H3;1-2H3/b;5-4-,7-6-;. The Labute approximate surface area is 435 Å². The van der Waals surface area contributed by atoms with Crippen LogP contribution in [0.15, 0.2) is 134 Å². The third-order valence-corrected chi connectivity index (χ3v) is 10.5. The van der Waals surface area contributed by atoms with Crippen molar-refractivity contribution in [3.8, 4) is 5.75 Å². The van der Waals surface area contributed by atoms with Crippen LogP contribution >= 0.6 is 0 Å².